The first-order valence-electron chi connectivity index (χ1n) is 6.41. The second-order valence-electron chi connectivity index (χ2n) is 4.85. The summed E-state index contributed by atoms with van der Waals surface area (Å²) in [7, 11) is 0. The van der Waals surface area contributed by atoms with Crippen LogP contribution in [0.15, 0.2) is 30.3 Å². The maximum atomic E-state index is 10.3. The van der Waals surface area contributed by atoms with Crippen molar-refractivity contribution in [2.45, 2.75) is 30.3 Å². The third kappa shape index (κ3) is 2.55. The van der Waals surface area contributed by atoms with E-state index in [1.54, 1.807) is 0 Å². The molecule has 1 aromatic carbocycles. The number of nitrogens with zero attached hydrogens (tertiary/aromatic N) is 1. The first-order chi connectivity index (χ1) is 9.66. The average molecular weight is 295 g/mol. The maximum Gasteiger partial charge on any atom is 0.185 e. The molecule has 20 heavy (non-hydrogen) atoms. The quantitative estimate of drug-likeness (QED) is 0.704. The third-order valence-electron chi connectivity index (χ3n) is 3.51. The number of benzene rings is 1. The molecule has 2 aliphatic heterocycles. The first-order valence-corrected chi connectivity index (χ1v) is 7.29. The summed E-state index contributed by atoms with van der Waals surface area (Å²) in [6.45, 7) is 0.789. The van der Waals surface area contributed by atoms with E-state index < -0.39 is 12.4 Å². The van der Waals surface area contributed by atoms with Crippen molar-refractivity contribution in [3.63, 3.8) is 0 Å². The highest BCUT2D eigenvalue weighted by Crippen LogP contribution is 2.35. The number of amidine groups is 1. The molecule has 0 aliphatic carbocycles. The lowest BCUT2D eigenvalue weighted by atomic mass is 10.0. The molecule has 6 nitrogen and oxygen atoms in total. The molecule has 0 aromatic heterocycles. The Bertz CT molecular complexity index is 487. The van der Waals surface area contributed by atoms with Gasteiger partial charge in [-0.15, -0.1) is 0 Å². The van der Waals surface area contributed by atoms with Gasteiger partial charge in [0.05, 0.1) is 24.5 Å². The predicted molar refractivity (Wildman–Crippen MR) is 75.9 cm³/mol. The largest absolute Gasteiger partial charge is 0.386 e. The van der Waals surface area contributed by atoms with Gasteiger partial charge in [-0.2, -0.15) is 0 Å². The molecular weight excluding hydrogens is 278 g/mol. The number of hydrogen-bond donors (Lipinski definition) is 3. The summed E-state index contributed by atoms with van der Waals surface area (Å²) < 4.78 is 11.2. The second-order valence-corrected chi connectivity index (χ2v) is 6.08. The van der Waals surface area contributed by atoms with E-state index in [2.05, 4.69) is 0 Å². The fraction of sp³-hybridized carbons (Fsp3) is 0.462. The highest BCUT2D eigenvalue weighted by Gasteiger charge is 2.48. The van der Waals surface area contributed by atoms with Gasteiger partial charge in [-0.1, -0.05) is 42.1 Å². The summed E-state index contributed by atoms with van der Waals surface area (Å²) in [5, 5.41) is 19.6. The lowest BCUT2D eigenvalue weighted by Crippen LogP contribution is -2.58. The Balaban J connectivity index is 1.63. The van der Waals surface area contributed by atoms with Gasteiger partial charge in [-0.05, 0) is 5.56 Å². The van der Waals surface area contributed by atoms with Crippen molar-refractivity contribution >= 4 is 16.9 Å². The van der Waals surface area contributed by atoms with Gasteiger partial charge >= 0.3 is 0 Å². The van der Waals surface area contributed by atoms with Crippen molar-refractivity contribution in [3.8, 4) is 0 Å². The van der Waals surface area contributed by atoms with Gasteiger partial charge in [-0.25, -0.2) is 5.84 Å². The van der Waals surface area contributed by atoms with Crippen LogP contribution in [0.2, 0.25) is 0 Å². The molecule has 2 heterocycles. The molecule has 0 saturated carbocycles. The van der Waals surface area contributed by atoms with E-state index in [0.717, 1.165) is 5.56 Å². The van der Waals surface area contributed by atoms with Crippen molar-refractivity contribution in [1.29, 1.82) is 5.41 Å². The fourth-order valence-electron chi connectivity index (χ4n) is 2.45. The molecule has 0 bridgehead atoms. The number of ether oxygens (including phenoxy) is 2. The van der Waals surface area contributed by atoms with E-state index >= 15 is 0 Å². The molecule has 2 saturated heterocycles. The van der Waals surface area contributed by atoms with E-state index in [9.17, 15) is 5.11 Å². The number of fused-ring (bicyclic) bond motifs is 1. The monoisotopic (exact) mass is 295 g/mol. The standard InChI is InChI=1S/C13H17N3O3S/c14-13-16(15)10-9(20-13)7-19-12(11(10)17)18-6-8-4-2-1-3-5-8/h1-5,9-12,14,17H,6-7,15H2/t9-,10-,11+,12+/m1/s1. The van der Waals surface area contributed by atoms with Gasteiger partial charge in [-0.3, -0.25) is 10.4 Å². The Morgan fingerprint density at radius 1 is 1.45 bits per heavy atom. The molecule has 108 valence electrons. The van der Waals surface area contributed by atoms with Gasteiger partial charge < -0.3 is 14.6 Å². The molecule has 2 fully saturated rings. The molecule has 1 aromatic rings. The maximum absolute atomic E-state index is 10.3. The minimum Gasteiger partial charge on any atom is -0.386 e. The number of nitrogens with one attached hydrogen (secondary N) is 1. The van der Waals surface area contributed by atoms with Crippen LogP contribution < -0.4 is 5.84 Å². The molecule has 4 atom stereocenters. The fourth-order valence-corrected chi connectivity index (χ4v) is 3.56. The summed E-state index contributed by atoms with van der Waals surface area (Å²) in [5.41, 5.74) is 1.02. The van der Waals surface area contributed by atoms with Gasteiger partial charge in [0.2, 0.25) is 0 Å². The Morgan fingerprint density at radius 3 is 2.95 bits per heavy atom. The number of aliphatic hydroxyl groups is 1. The van der Waals surface area contributed by atoms with Crippen molar-refractivity contribution < 1.29 is 14.6 Å². The lowest BCUT2D eigenvalue weighted by molar-refractivity contribution is -0.231. The highest BCUT2D eigenvalue weighted by atomic mass is 32.2. The molecule has 4 N–H and O–H groups in total. The second kappa shape index (κ2) is 5.71. The Hall–Kier alpha value is -1.12. The normalized spacial score (nSPS) is 33.3. The van der Waals surface area contributed by atoms with Crippen LogP contribution in [0.5, 0.6) is 0 Å². The van der Waals surface area contributed by atoms with Crippen LogP contribution in [0.3, 0.4) is 0 Å². The molecule has 0 radical (unpaired) electrons. The van der Waals surface area contributed by atoms with Crippen molar-refractivity contribution in [2.24, 2.45) is 5.84 Å². The number of hydrazine groups is 1. The van der Waals surface area contributed by atoms with Crippen LogP contribution in [0, 0.1) is 5.41 Å². The summed E-state index contributed by atoms with van der Waals surface area (Å²) in [6.07, 6.45) is -1.58. The zero-order chi connectivity index (χ0) is 14.1. The Kier molecular flexibility index (Phi) is 3.95. The molecule has 2 aliphatic rings. The van der Waals surface area contributed by atoms with Gasteiger partial charge in [0.1, 0.15) is 6.10 Å². The summed E-state index contributed by atoms with van der Waals surface area (Å²) in [4.78, 5) is 0. The number of thioether (sulfide) groups is 1. The minimum absolute atomic E-state index is 0.0147. The van der Waals surface area contributed by atoms with Crippen LogP contribution in [-0.2, 0) is 16.1 Å². The smallest absolute Gasteiger partial charge is 0.185 e. The molecule has 7 heteroatoms. The average Bonchev–Trinajstić information content (AvgIpc) is 2.75. The molecule has 3 rings (SSSR count). The van der Waals surface area contributed by atoms with Gasteiger partial charge in [0, 0.05) is 0 Å². The number of aliphatic hydroxyl groups excluding tert-OH is 1. The van der Waals surface area contributed by atoms with Gasteiger partial charge in [0.15, 0.2) is 11.5 Å². The zero-order valence-corrected chi connectivity index (χ0v) is 11.6. The van der Waals surface area contributed by atoms with E-state index in [1.807, 2.05) is 30.3 Å². The van der Waals surface area contributed by atoms with E-state index in [0.29, 0.717) is 13.2 Å². The van der Waals surface area contributed by atoms with E-state index in [1.165, 1.54) is 16.8 Å². The minimum atomic E-state index is -0.863. The topological polar surface area (TPSA) is 91.8 Å². The van der Waals surface area contributed by atoms with Crippen LogP contribution >= 0.6 is 11.8 Å². The van der Waals surface area contributed by atoms with E-state index in [-0.39, 0.29) is 16.5 Å². The molecular formula is C13H17N3O3S. The SMILES string of the molecule is N=C1S[C@@H]2CO[C@H](OCc3ccccc3)[C@@H](O)[C@@H]2N1N. The summed E-state index contributed by atoms with van der Waals surface area (Å²) in [6, 6.07) is 9.38. The lowest BCUT2D eigenvalue weighted by Gasteiger charge is -2.37. The Labute approximate surface area is 121 Å². The molecule has 0 amide bonds. The number of rotatable bonds is 3. The summed E-state index contributed by atoms with van der Waals surface area (Å²) >= 11 is 1.32. The van der Waals surface area contributed by atoms with Crippen LogP contribution in [-0.4, -0.2) is 45.6 Å². The molecule has 0 unspecified atom stereocenters. The number of hydrogen-bond acceptors (Lipinski definition) is 6. The van der Waals surface area contributed by atoms with Crippen LogP contribution in [0.4, 0.5) is 0 Å². The van der Waals surface area contributed by atoms with Gasteiger partial charge in [0.25, 0.3) is 0 Å². The van der Waals surface area contributed by atoms with E-state index in [4.69, 9.17) is 20.7 Å². The van der Waals surface area contributed by atoms with Crippen molar-refractivity contribution in [3.05, 3.63) is 35.9 Å². The number of nitrogens with two attached hydrogens (primary N) is 1. The highest BCUT2D eigenvalue weighted by molar-refractivity contribution is 8.14. The first kappa shape index (κ1) is 13.8. The molecule has 0 spiro atoms. The van der Waals surface area contributed by atoms with Crippen molar-refractivity contribution in [2.75, 3.05) is 6.61 Å². The third-order valence-corrected chi connectivity index (χ3v) is 4.66. The summed E-state index contributed by atoms with van der Waals surface area (Å²) in [5.74, 6) is 5.81. The van der Waals surface area contributed by atoms with Crippen LogP contribution in [0.25, 0.3) is 0 Å². The Morgan fingerprint density at radius 2 is 2.20 bits per heavy atom. The van der Waals surface area contributed by atoms with Crippen molar-refractivity contribution in [1.82, 2.24) is 5.01 Å². The zero-order valence-electron chi connectivity index (χ0n) is 10.8. The predicted octanol–water partition coefficient (Wildman–Crippen LogP) is 0.515. The van der Waals surface area contributed by atoms with Crippen LogP contribution in [0.1, 0.15) is 5.56 Å².